The predicted octanol–water partition coefficient (Wildman–Crippen LogP) is 0.259. The van der Waals surface area contributed by atoms with Crippen LogP contribution in [0.2, 0.25) is 0 Å². The number of fused-ring (bicyclic) bond motifs is 1. The molecule has 0 saturated heterocycles. The summed E-state index contributed by atoms with van der Waals surface area (Å²) in [6.45, 7) is 0. The lowest BCUT2D eigenvalue weighted by molar-refractivity contribution is 0.587. The van der Waals surface area contributed by atoms with E-state index < -0.39 is 0 Å². The van der Waals surface area contributed by atoms with Crippen molar-refractivity contribution in [2.45, 2.75) is 0 Å². The van der Waals surface area contributed by atoms with Crippen LogP contribution in [0.4, 0.5) is 11.8 Å². The lowest BCUT2D eigenvalue weighted by atomic mass is 10.3. The average molecular weight is 175 g/mol. The van der Waals surface area contributed by atoms with Gasteiger partial charge in [-0.25, -0.2) is 0 Å². The van der Waals surface area contributed by atoms with Crippen LogP contribution >= 0.6 is 0 Å². The Labute approximate surface area is 72.8 Å². The maximum Gasteiger partial charge on any atom is 0.234 e. The summed E-state index contributed by atoms with van der Waals surface area (Å²) in [4.78, 5) is 7.50. The van der Waals surface area contributed by atoms with Gasteiger partial charge in [0.05, 0.1) is 5.39 Å². The molecule has 2 heterocycles. The first kappa shape index (κ1) is 7.36. The molecule has 2 aromatic heterocycles. The molecule has 0 aliphatic carbocycles. The summed E-state index contributed by atoms with van der Waals surface area (Å²) in [5.41, 5.74) is 11.1. The van der Waals surface area contributed by atoms with Gasteiger partial charge in [0.25, 0.3) is 0 Å². The fourth-order valence-corrected chi connectivity index (χ4v) is 1.02. The van der Waals surface area contributed by atoms with Crippen LogP contribution < -0.4 is 11.5 Å². The number of nitriles is 1. The van der Waals surface area contributed by atoms with Gasteiger partial charge < -0.3 is 15.9 Å². The molecule has 0 atom stereocenters. The van der Waals surface area contributed by atoms with Gasteiger partial charge in [-0.15, -0.1) is 0 Å². The molecule has 2 rings (SSSR count). The second kappa shape index (κ2) is 2.35. The first-order chi connectivity index (χ1) is 6.20. The molecule has 13 heavy (non-hydrogen) atoms. The molecule has 2 aromatic rings. The fraction of sp³-hybridized carbons (Fsp3) is 0. The molecular formula is C7H5N5O. The molecule has 64 valence electrons. The summed E-state index contributed by atoms with van der Waals surface area (Å²) in [6, 6.07) is 3.31. The van der Waals surface area contributed by atoms with Crippen LogP contribution in [0, 0.1) is 11.3 Å². The Balaban J connectivity index is 2.84. The van der Waals surface area contributed by atoms with E-state index in [1.807, 2.05) is 6.07 Å². The van der Waals surface area contributed by atoms with Gasteiger partial charge in [-0.3, -0.25) is 0 Å². The normalized spacial score (nSPS) is 10.1. The standard InChI is InChI=1S/C7H5N5O/c8-2-3-1-4-5(9)11-7(10)12-6(4)13-3/h1H,(H4,9,10,11,12). The second-order valence-corrected chi connectivity index (χ2v) is 2.41. The maximum absolute atomic E-state index is 8.53. The zero-order valence-electron chi connectivity index (χ0n) is 6.48. The van der Waals surface area contributed by atoms with E-state index in [4.69, 9.17) is 21.1 Å². The number of furan rings is 1. The van der Waals surface area contributed by atoms with E-state index in [1.54, 1.807) is 0 Å². The molecule has 0 aromatic carbocycles. The third kappa shape index (κ3) is 1.03. The molecule has 0 spiro atoms. The molecule has 6 nitrogen and oxygen atoms in total. The van der Waals surface area contributed by atoms with E-state index in [1.165, 1.54) is 6.07 Å². The van der Waals surface area contributed by atoms with Crippen molar-refractivity contribution in [3.05, 3.63) is 11.8 Å². The van der Waals surface area contributed by atoms with Crippen molar-refractivity contribution in [1.82, 2.24) is 9.97 Å². The lowest BCUT2D eigenvalue weighted by Crippen LogP contribution is -1.98. The number of aromatic nitrogens is 2. The molecule has 6 heteroatoms. The molecule has 0 aliphatic rings. The highest BCUT2D eigenvalue weighted by Crippen LogP contribution is 2.21. The third-order valence-electron chi connectivity index (χ3n) is 1.55. The fourth-order valence-electron chi connectivity index (χ4n) is 1.02. The van der Waals surface area contributed by atoms with E-state index >= 15 is 0 Å². The Kier molecular flexibility index (Phi) is 1.33. The van der Waals surface area contributed by atoms with Crippen molar-refractivity contribution in [1.29, 1.82) is 5.26 Å². The monoisotopic (exact) mass is 175 g/mol. The van der Waals surface area contributed by atoms with E-state index in [9.17, 15) is 0 Å². The highest BCUT2D eigenvalue weighted by molar-refractivity contribution is 5.86. The first-order valence-corrected chi connectivity index (χ1v) is 3.43. The van der Waals surface area contributed by atoms with Crippen molar-refractivity contribution in [3.63, 3.8) is 0 Å². The van der Waals surface area contributed by atoms with Crippen LogP contribution in [0.15, 0.2) is 10.5 Å². The Morgan fingerprint density at radius 2 is 2.15 bits per heavy atom. The zero-order valence-corrected chi connectivity index (χ0v) is 6.48. The first-order valence-electron chi connectivity index (χ1n) is 3.43. The number of anilines is 2. The highest BCUT2D eigenvalue weighted by Gasteiger charge is 2.09. The Bertz CT molecular complexity index is 509. The summed E-state index contributed by atoms with van der Waals surface area (Å²) in [7, 11) is 0. The van der Waals surface area contributed by atoms with Crippen LogP contribution in [0.1, 0.15) is 5.76 Å². The Morgan fingerprint density at radius 1 is 1.38 bits per heavy atom. The topological polar surface area (TPSA) is 115 Å². The van der Waals surface area contributed by atoms with Gasteiger partial charge in [0.2, 0.25) is 17.4 Å². The molecule has 0 fully saturated rings. The highest BCUT2D eigenvalue weighted by atomic mass is 16.3. The van der Waals surface area contributed by atoms with Gasteiger partial charge >= 0.3 is 0 Å². The number of hydrogen-bond acceptors (Lipinski definition) is 6. The Hall–Kier alpha value is -2.29. The van der Waals surface area contributed by atoms with Gasteiger partial charge in [0.15, 0.2) is 0 Å². The van der Waals surface area contributed by atoms with Crippen LogP contribution in [0.25, 0.3) is 11.1 Å². The number of nitrogens with two attached hydrogens (primary N) is 2. The van der Waals surface area contributed by atoms with Gasteiger partial charge in [-0.05, 0) is 0 Å². The van der Waals surface area contributed by atoms with Gasteiger partial charge in [0, 0.05) is 6.07 Å². The van der Waals surface area contributed by atoms with Gasteiger partial charge in [-0.2, -0.15) is 15.2 Å². The zero-order chi connectivity index (χ0) is 9.42. The molecule has 0 radical (unpaired) electrons. The third-order valence-corrected chi connectivity index (χ3v) is 1.55. The minimum Gasteiger partial charge on any atom is -0.427 e. The molecule has 4 N–H and O–H groups in total. The predicted molar refractivity (Wildman–Crippen MR) is 45.3 cm³/mol. The van der Waals surface area contributed by atoms with E-state index in [2.05, 4.69) is 9.97 Å². The minimum atomic E-state index is 0.0313. The molecule has 0 unspecified atom stereocenters. The van der Waals surface area contributed by atoms with Gasteiger partial charge in [-0.1, -0.05) is 0 Å². The van der Waals surface area contributed by atoms with Crippen LogP contribution in [-0.4, -0.2) is 9.97 Å². The summed E-state index contributed by atoms with van der Waals surface area (Å²) >= 11 is 0. The smallest absolute Gasteiger partial charge is 0.234 e. The quantitative estimate of drug-likeness (QED) is 0.593. The van der Waals surface area contributed by atoms with Crippen molar-refractivity contribution >= 4 is 22.9 Å². The van der Waals surface area contributed by atoms with E-state index in [0.717, 1.165) is 0 Å². The summed E-state index contributed by atoms with van der Waals surface area (Å²) in [5, 5.41) is 9.04. The number of hydrogen-bond donors (Lipinski definition) is 2. The SMILES string of the molecule is N#Cc1cc2c(N)nc(N)nc2o1. The van der Waals surface area contributed by atoms with Crippen molar-refractivity contribution < 1.29 is 4.42 Å². The van der Waals surface area contributed by atoms with Crippen LogP contribution in [0.3, 0.4) is 0 Å². The van der Waals surface area contributed by atoms with E-state index in [-0.39, 0.29) is 23.2 Å². The second-order valence-electron chi connectivity index (χ2n) is 2.41. The van der Waals surface area contributed by atoms with E-state index in [0.29, 0.717) is 5.39 Å². The van der Waals surface area contributed by atoms with Crippen molar-refractivity contribution in [2.24, 2.45) is 0 Å². The molecule has 0 aliphatic heterocycles. The summed E-state index contributed by atoms with van der Waals surface area (Å²) in [5.74, 6) is 0.387. The maximum atomic E-state index is 8.53. The lowest BCUT2D eigenvalue weighted by Gasteiger charge is -1.93. The molecule has 0 amide bonds. The molecule has 0 bridgehead atoms. The largest absolute Gasteiger partial charge is 0.427 e. The minimum absolute atomic E-state index is 0.0313. The molecular weight excluding hydrogens is 170 g/mol. The van der Waals surface area contributed by atoms with Crippen LogP contribution in [0.5, 0.6) is 0 Å². The van der Waals surface area contributed by atoms with Crippen LogP contribution in [-0.2, 0) is 0 Å². The number of nitrogen functional groups attached to an aromatic ring is 2. The number of rotatable bonds is 0. The summed E-state index contributed by atoms with van der Waals surface area (Å²) < 4.78 is 5.01. The number of nitrogens with zero attached hydrogens (tertiary/aromatic N) is 3. The van der Waals surface area contributed by atoms with Crippen molar-refractivity contribution in [2.75, 3.05) is 11.5 Å². The van der Waals surface area contributed by atoms with Gasteiger partial charge in [0.1, 0.15) is 11.9 Å². The molecule has 0 saturated carbocycles. The Morgan fingerprint density at radius 3 is 2.85 bits per heavy atom. The van der Waals surface area contributed by atoms with Crippen molar-refractivity contribution in [3.8, 4) is 6.07 Å². The summed E-state index contributed by atoms with van der Waals surface area (Å²) in [6.07, 6.45) is 0. The average Bonchev–Trinajstić information content (AvgIpc) is 2.47.